The average Bonchev–Trinajstić information content (AvgIpc) is 3.25. The van der Waals surface area contributed by atoms with Gasteiger partial charge in [-0.25, -0.2) is 4.79 Å². The SMILES string of the molecule is CCC(C)C(NC(=O)C(CCCCN)NC(=O)C(C)NC(=O)C1CCCN1)C(=O)O. The molecule has 0 spiro atoms. The number of rotatable bonds is 13. The Morgan fingerprint density at radius 2 is 1.80 bits per heavy atom. The number of hydrogen-bond acceptors (Lipinski definition) is 6. The summed E-state index contributed by atoms with van der Waals surface area (Å²) >= 11 is 0. The lowest BCUT2D eigenvalue weighted by atomic mass is 9.98. The van der Waals surface area contributed by atoms with Gasteiger partial charge in [-0.1, -0.05) is 20.3 Å². The molecule has 1 heterocycles. The van der Waals surface area contributed by atoms with Crippen LogP contribution in [-0.2, 0) is 19.2 Å². The van der Waals surface area contributed by atoms with Crippen LogP contribution in [0.5, 0.6) is 0 Å². The minimum Gasteiger partial charge on any atom is -0.480 e. The van der Waals surface area contributed by atoms with Crippen LogP contribution in [0.1, 0.15) is 59.3 Å². The second kappa shape index (κ2) is 13.2. The fourth-order valence-electron chi connectivity index (χ4n) is 3.28. The molecule has 172 valence electrons. The molecule has 0 radical (unpaired) electrons. The molecule has 5 unspecified atom stereocenters. The van der Waals surface area contributed by atoms with Crippen LogP contribution < -0.4 is 27.0 Å². The number of amides is 3. The smallest absolute Gasteiger partial charge is 0.326 e. The van der Waals surface area contributed by atoms with Gasteiger partial charge in [0, 0.05) is 0 Å². The molecule has 1 aliphatic rings. The van der Waals surface area contributed by atoms with Crippen LogP contribution in [0.4, 0.5) is 0 Å². The highest BCUT2D eigenvalue weighted by Gasteiger charge is 2.31. The number of carbonyl (C=O) groups is 4. The van der Waals surface area contributed by atoms with Gasteiger partial charge in [0.05, 0.1) is 6.04 Å². The van der Waals surface area contributed by atoms with E-state index in [2.05, 4.69) is 21.3 Å². The molecule has 0 saturated carbocycles. The van der Waals surface area contributed by atoms with Crippen LogP contribution in [0.2, 0.25) is 0 Å². The Balaban J connectivity index is 2.74. The van der Waals surface area contributed by atoms with E-state index >= 15 is 0 Å². The highest BCUT2D eigenvalue weighted by Crippen LogP contribution is 2.10. The van der Waals surface area contributed by atoms with Gasteiger partial charge in [0.1, 0.15) is 18.1 Å². The van der Waals surface area contributed by atoms with Crippen molar-refractivity contribution >= 4 is 23.7 Å². The predicted molar refractivity (Wildman–Crippen MR) is 112 cm³/mol. The van der Waals surface area contributed by atoms with Crippen LogP contribution in [0.15, 0.2) is 0 Å². The third-order valence-corrected chi connectivity index (χ3v) is 5.49. The monoisotopic (exact) mass is 427 g/mol. The van der Waals surface area contributed by atoms with Crippen LogP contribution in [0.25, 0.3) is 0 Å². The number of aliphatic carboxylic acids is 1. The van der Waals surface area contributed by atoms with Gasteiger partial charge in [0.25, 0.3) is 0 Å². The molecule has 1 rings (SSSR count). The summed E-state index contributed by atoms with van der Waals surface area (Å²) in [6.45, 7) is 6.36. The Morgan fingerprint density at radius 1 is 1.10 bits per heavy atom. The summed E-state index contributed by atoms with van der Waals surface area (Å²) in [6.07, 6.45) is 3.81. The number of carboxylic acids is 1. The molecule has 0 aliphatic carbocycles. The number of carboxylic acid groups (broad SMARTS) is 1. The molecule has 1 fully saturated rings. The molecule has 10 heteroatoms. The summed E-state index contributed by atoms with van der Waals surface area (Å²) in [4.78, 5) is 49.1. The van der Waals surface area contributed by atoms with Crippen LogP contribution >= 0.6 is 0 Å². The summed E-state index contributed by atoms with van der Waals surface area (Å²) in [5, 5.41) is 20.3. The van der Waals surface area contributed by atoms with Gasteiger partial charge in [0.15, 0.2) is 0 Å². The molecular weight excluding hydrogens is 390 g/mol. The van der Waals surface area contributed by atoms with Crippen molar-refractivity contribution in [2.24, 2.45) is 11.7 Å². The third kappa shape index (κ3) is 8.27. The van der Waals surface area contributed by atoms with E-state index in [-0.39, 0.29) is 17.9 Å². The number of carbonyl (C=O) groups excluding carboxylic acids is 3. The Morgan fingerprint density at radius 3 is 2.33 bits per heavy atom. The van der Waals surface area contributed by atoms with Gasteiger partial charge in [-0.2, -0.15) is 0 Å². The first-order valence-electron chi connectivity index (χ1n) is 10.8. The Labute approximate surface area is 178 Å². The molecule has 7 N–H and O–H groups in total. The second-order valence-corrected chi connectivity index (χ2v) is 7.93. The van der Waals surface area contributed by atoms with Gasteiger partial charge in [-0.3, -0.25) is 14.4 Å². The Bertz CT molecular complexity index is 594. The van der Waals surface area contributed by atoms with Crippen molar-refractivity contribution in [2.45, 2.75) is 83.5 Å². The molecule has 0 aromatic rings. The first-order valence-corrected chi connectivity index (χ1v) is 10.8. The maximum Gasteiger partial charge on any atom is 0.326 e. The van der Waals surface area contributed by atoms with Crippen molar-refractivity contribution in [1.29, 1.82) is 0 Å². The molecule has 30 heavy (non-hydrogen) atoms. The second-order valence-electron chi connectivity index (χ2n) is 7.93. The summed E-state index contributed by atoms with van der Waals surface area (Å²) in [5.41, 5.74) is 5.51. The minimum atomic E-state index is -1.12. The van der Waals surface area contributed by atoms with Gasteiger partial charge in [-0.05, 0) is 58.0 Å². The molecule has 0 aromatic carbocycles. The largest absolute Gasteiger partial charge is 0.480 e. The molecule has 1 saturated heterocycles. The number of nitrogens with one attached hydrogen (secondary N) is 4. The molecule has 0 bridgehead atoms. The fourth-order valence-corrected chi connectivity index (χ4v) is 3.28. The first-order chi connectivity index (χ1) is 14.2. The minimum absolute atomic E-state index is 0.248. The van der Waals surface area contributed by atoms with Crippen molar-refractivity contribution in [2.75, 3.05) is 13.1 Å². The van der Waals surface area contributed by atoms with Gasteiger partial charge < -0.3 is 32.1 Å². The lowest BCUT2D eigenvalue weighted by Gasteiger charge is -2.25. The van der Waals surface area contributed by atoms with Crippen molar-refractivity contribution in [1.82, 2.24) is 21.3 Å². The van der Waals surface area contributed by atoms with Crippen LogP contribution in [-0.4, -0.2) is 66.1 Å². The van der Waals surface area contributed by atoms with Crippen molar-refractivity contribution < 1.29 is 24.3 Å². The van der Waals surface area contributed by atoms with Crippen molar-refractivity contribution in [3.05, 3.63) is 0 Å². The lowest BCUT2D eigenvalue weighted by molar-refractivity contribution is -0.143. The maximum atomic E-state index is 12.7. The summed E-state index contributed by atoms with van der Waals surface area (Å²) in [5.74, 6) is -2.67. The quantitative estimate of drug-likeness (QED) is 0.215. The average molecular weight is 428 g/mol. The summed E-state index contributed by atoms with van der Waals surface area (Å²) in [7, 11) is 0. The molecule has 3 amide bonds. The Kier molecular flexibility index (Phi) is 11.3. The molecular formula is C20H37N5O5. The third-order valence-electron chi connectivity index (χ3n) is 5.49. The molecule has 0 aromatic heterocycles. The summed E-state index contributed by atoms with van der Waals surface area (Å²) in [6, 6.07) is -3.08. The van der Waals surface area contributed by atoms with E-state index in [1.807, 2.05) is 6.92 Å². The zero-order valence-corrected chi connectivity index (χ0v) is 18.2. The predicted octanol–water partition coefficient (Wildman–Crippen LogP) is -0.528. The lowest BCUT2D eigenvalue weighted by Crippen LogP contribution is -2.57. The zero-order valence-electron chi connectivity index (χ0n) is 18.2. The highest BCUT2D eigenvalue weighted by molar-refractivity contribution is 5.94. The van der Waals surface area contributed by atoms with E-state index in [0.717, 1.165) is 19.4 Å². The van der Waals surface area contributed by atoms with Crippen molar-refractivity contribution in [3.63, 3.8) is 0 Å². The van der Waals surface area contributed by atoms with E-state index in [4.69, 9.17) is 5.73 Å². The standard InChI is InChI=1S/C20H37N5O5/c1-4-12(2)16(20(29)30)25-19(28)15(8-5-6-10-21)24-17(26)13(3)23-18(27)14-9-7-11-22-14/h12-16,22H,4-11,21H2,1-3H3,(H,23,27)(H,24,26)(H,25,28)(H,29,30). The van der Waals surface area contributed by atoms with E-state index in [1.54, 1.807) is 13.8 Å². The summed E-state index contributed by atoms with van der Waals surface area (Å²) < 4.78 is 0. The highest BCUT2D eigenvalue weighted by atomic mass is 16.4. The Hall–Kier alpha value is -2.20. The maximum absolute atomic E-state index is 12.7. The number of nitrogens with two attached hydrogens (primary N) is 1. The van der Waals surface area contributed by atoms with E-state index in [0.29, 0.717) is 32.2 Å². The number of unbranched alkanes of at least 4 members (excludes halogenated alkanes) is 1. The van der Waals surface area contributed by atoms with Crippen molar-refractivity contribution in [3.8, 4) is 0 Å². The number of hydrogen-bond donors (Lipinski definition) is 6. The van der Waals surface area contributed by atoms with Gasteiger partial charge in [-0.15, -0.1) is 0 Å². The molecule has 10 nitrogen and oxygen atoms in total. The van der Waals surface area contributed by atoms with Crippen LogP contribution in [0.3, 0.4) is 0 Å². The molecule has 1 aliphatic heterocycles. The van der Waals surface area contributed by atoms with E-state index < -0.39 is 35.9 Å². The van der Waals surface area contributed by atoms with Gasteiger partial charge in [0.2, 0.25) is 17.7 Å². The van der Waals surface area contributed by atoms with Gasteiger partial charge >= 0.3 is 5.97 Å². The first kappa shape index (κ1) is 25.8. The molecule has 5 atom stereocenters. The topological polar surface area (TPSA) is 163 Å². The normalized spacial score (nSPS) is 19.9. The fraction of sp³-hybridized carbons (Fsp3) is 0.800. The zero-order chi connectivity index (χ0) is 22.7. The van der Waals surface area contributed by atoms with E-state index in [1.165, 1.54) is 0 Å². The van der Waals surface area contributed by atoms with Crippen LogP contribution in [0, 0.1) is 5.92 Å². The van der Waals surface area contributed by atoms with E-state index in [9.17, 15) is 24.3 Å².